The van der Waals surface area contributed by atoms with E-state index in [9.17, 15) is 0 Å². The van der Waals surface area contributed by atoms with Crippen molar-refractivity contribution < 1.29 is 0 Å². The normalized spacial score (nSPS) is 37.3. The molecule has 0 radical (unpaired) electrons. The summed E-state index contributed by atoms with van der Waals surface area (Å²) in [5.74, 6) is 0.903. The minimum Gasteiger partial charge on any atom is -0.314 e. The van der Waals surface area contributed by atoms with Crippen molar-refractivity contribution in [3.05, 3.63) is 0 Å². The Morgan fingerprint density at radius 3 is 2.71 bits per heavy atom. The molecule has 0 aromatic carbocycles. The molecule has 0 bridgehead atoms. The highest BCUT2D eigenvalue weighted by molar-refractivity contribution is 4.91. The molecule has 0 spiro atoms. The fourth-order valence-corrected chi connectivity index (χ4v) is 2.98. The molecule has 0 aromatic rings. The molecule has 0 saturated carbocycles. The smallest absolute Gasteiger partial charge is 0.0128 e. The predicted octanol–water partition coefficient (Wildman–Crippen LogP) is 1.91. The zero-order chi connectivity index (χ0) is 10.0. The predicted molar refractivity (Wildman–Crippen MR) is 60.4 cm³/mol. The molecule has 14 heavy (non-hydrogen) atoms. The maximum atomic E-state index is 3.65. The third-order valence-electron chi connectivity index (χ3n) is 3.70. The zero-order valence-electron chi connectivity index (χ0n) is 9.60. The Morgan fingerprint density at radius 1 is 1.29 bits per heavy atom. The highest BCUT2D eigenvalue weighted by Gasteiger charge is 2.31. The summed E-state index contributed by atoms with van der Waals surface area (Å²) in [5, 5.41) is 7.25. The van der Waals surface area contributed by atoms with Crippen molar-refractivity contribution in [2.75, 3.05) is 13.1 Å². The molecule has 2 heteroatoms. The van der Waals surface area contributed by atoms with Crippen LogP contribution in [0.5, 0.6) is 0 Å². The monoisotopic (exact) mass is 196 g/mol. The second-order valence-electron chi connectivity index (χ2n) is 5.72. The van der Waals surface area contributed by atoms with Crippen LogP contribution in [0.1, 0.15) is 46.0 Å². The van der Waals surface area contributed by atoms with Gasteiger partial charge >= 0.3 is 0 Å². The Bertz CT molecular complexity index is 183. The molecule has 2 aliphatic heterocycles. The summed E-state index contributed by atoms with van der Waals surface area (Å²) in [5.41, 5.74) is 0.388. The molecular formula is C12H24N2. The number of rotatable bonds is 2. The summed E-state index contributed by atoms with van der Waals surface area (Å²) in [6.07, 6.45) is 6.95. The number of nitrogens with one attached hydrogen (secondary N) is 2. The SMILES string of the molecule is CC1(C)CC(CC2CCCCN2)CN1. The summed E-state index contributed by atoms with van der Waals surface area (Å²) in [6.45, 7) is 7.11. The first kappa shape index (κ1) is 10.4. The van der Waals surface area contributed by atoms with Gasteiger partial charge in [0.15, 0.2) is 0 Å². The topological polar surface area (TPSA) is 24.1 Å². The molecule has 2 aliphatic rings. The van der Waals surface area contributed by atoms with E-state index in [4.69, 9.17) is 0 Å². The molecule has 82 valence electrons. The lowest BCUT2D eigenvalue weighted by molar-refractivity contribution is 0.329. The molecule has 2 fully saturated rings. The van der Waals surface area contributed by atoms with Crippen molar-refractivity contribution in [1.82, 2.24) is 10.6 Å². The summed E-state index contributed by atoms with van der Waals surface area (Å²) in [4.78, 5) is 0. The van der Waals surface area contributed by atoms with Crippen molar-refractivity contribution in [3.63, 3.8) is 0 Å². The third-order valence-corrected chi connectivity index (χ3v) is 3.70. The number of piperidine rings is 1. The van der Waals surface area contributed by atoms with Gasteiger partial charge in [-0.15, -0.1) is 0 Å². The van der Waals surface area contributed by atoms with Crippen LogP contribution < -0.4 is 10.6 Å². The largest absolute Gasteiger partial charge is 0.314 e. The zero-order valence-corrected chi connectivity index (χ0v) is 9.60. The van der Waals surface area contributed by atoms with Crippen LogP contribution in [-0.2, 0) is 0 Å². The van der Waals surface area contributed by atoms with Crippen LogP contribution in [0.2, 0.25) is 0 Å². The standard InChI is InChI=1S/C12H24N2/c1-12(2)8-10(9-14-12)7-11-5-3-4-6-13-11/h10-11,13-14H,3-9H2,1-2H3. The van der Waals surface area contributed by atoms with Crippen LogP contribution >= 0.6 is 0 Å². The van der Waals surface area contributed by atoms with Crippen molar-refractivity contribution in [2.45, 2.75) is 57.5 Å². The summed E-state index contributed by atoms with van der Waals surface area (Å²) in [7, 11) is 0. The van der Waals surface area contributed by atoms with Crippen molar-refractivity contribution in [2.24, 2.45) is 5.92 Å². The molecule has 0 aliphatic carbocycles. The Labute approximate surface area is 87.8 Å². The first-order valence-corrected chi connectivity index (χ1v) is 6.14. The van der Waals surface area contributed by atoms with Gasteiger partial charge in [0.25, 0.3) is 0 Å². The van der Waals surface area contributed by atoms with Gasteiger partial charge in [-0.3, -0.25) is 0 Å². The quantitative estimate of drug-likeness (QED) is 0.705. The Hall–Kier alpha value is -0.0800. The molecule has 2 atom stereocenters. The third kappa shape index (κ3) is 2.71. The van der Waals surface area contributed by atoms with Crippen LogP contribution in [0.15, 0.2) is 0 Å². The van der Waals surface area contributed by atoms with Gasteiger partial charge in [-0.2, -0.15) is 0 Å². The van der Waals surface area contributed by atoms with Crippen LogP contribution in [-0.4, -0.2) is 24.7 Å². The fraction of sp³-hybridized carbons (Fsp3) is 1.00. The van der Waals surface area contributed by atoms with E-state index >= 15 is 0 Å². The molecule has 2 heterocycles. The van der Waals surface area contributed by atoms with E-state index in [1.807, 2.05) is 0 Å². The summed E-state index contributed by atoms with van der Waals surface area (Å²) in [6, 6.07) is 0.810. The lowest BCUT2D eigenvalue weighted by atomic mass is 9.89. The molecule has 2 unspecified atom stereocenters. The van der Waals surface area contributed by atoms with E-state index in [1.165, 1.54) is 45.2 Å². The molecular weight excluding hydrogens is 172 g/mol. The van der Waals surface area contributed by atoms with E-state index < -0.39 is 0 Å². The Morgan fingerprint density at radius 2 is 2.14 bits per heavy atom. The van der Waals surface area contributed by atoms with E-state index in [0.717, 1.165) is 12.0 Å². The van der Waals surface area contributed by atoms with Crippen LogP contribution in [0, 0.1) is 5.92 Å². The van der Waals surface area contributed by atoms with Crippen LogP contribution in [0.3, 0.4) is 0 Å². The fourth-order valence-electron chi connectivity index (χ4n) is 2.98. The van der Waals surface area contributed by atoms with E-state index in [0.29, 0.717) is 5.54 Å². The summed E-state index contributed by atoms with van der Waals surface area (Å²) < 4.78 is 0. The molecule has 2 rings (SSSR count). The lowest BCUT2D eigenvalue weighted by Crippen LogP contribution is -2.35. The Kier molecular flexibility index (Phi) is 3.13. The van der Waals surface area contributed by atoms with E-state index in [2.05, 4.69) is 24.5 Å². The van der Waals surface area contributed by atoms with Crippen LogP contribution in [0.4, 0.5) is 0 Å². The summed E-state index contributed by atoms with van der Waals surface area (Å²) >= 11 is 0. The maximum absolute atomic E-state index is 3.65. The van der Waals surface area contributed by atoms with Crippen molar-refractivity contribution in [1.29, 1.82) is 0 Å². The van der Waals surface area contributed by atoms with Gasteiger partial charge < -0.3 is 10.6 Å². The van der Waals surface area contributed by atoms with Gasteiger partial charge in [0.1, 0.15) is 0 Å². The average molecular weight is 196 g/mol. The van der Waals surface area contributed by atoms with Gasteiger partial charge in [-0.1, -0.05) is 6.42 Å². The first-order chi connectivity index (χ1) is 6.66. The minimum absolute atomic E-state index is 0.388. The van der Waals surface area contributed by atoms with Crippen molar-refractivity contribution >= 4 is 0 Å². The minimum atomic E-state index is 0.388. The molecule has 2 saturated heterocycles. The van der Waals surface area contributed by atoms with E-state index in [-0.39, 0.29) is 0 Å². The lowest BCUT2D eigenvalue weighted by Gasteiger charge is -2.26. The second-order valence-corrected chi connectivity index (χ2v) is 5.72. The van der Waals surface area contributed by atoms with Crippen LogP contribution in [0.25, 0.3) is 0 Å². The second kappa shape index (κ2) is 4.19. The van der Waals surface area contributed by atoms with Gasteiger partial charge in [-0.05, 0) is 58.5 Å². The van der Waals surface area contributed by atoms with Gasteiger partial charge in [0, 0.05) is 11.6 Å². The molecule has 0 aromatic heterocycles. The van der Waals surface area contributed by atoms with Gasteiger partial charge in [0.05, 0.1) is 0 Å². The average Bonchev–Trinajstić information content (AvgIpc) is 2.47. The number of hydrogen-bond donors (Lipinski definition) is 2. The van der Waals surface area contributed by atoms with Crippen molar-refractivity contribution in [3.8, 4) is 0 Å². The highest BCUT2D eigenvalue weighted by Crippen LogP contribution is 2.28. The highest BCUT2D eigenvalue weighted by atomic mass is 15.0. The first-order valence-electron chi connectivity index (χ1n) is 6.14. The molecule has 0 amide bonds. The Balaban J connectivity index is 1.75. The molecule has 2 N–H and O–H groups in total. The molecule has 2 nitrogen and oxygen atoms in total. The maximum Gasteiger partial charge on any atom is 0.0128 e. The number of hydrogen-bond acceptors (Lipinski definition) is 2. The van der Waals surface area contributed by atoms with Gasteiger partial charge in [-0.25, -0.2) is 0 Å². The van der Waals surface area contributed by atoms with Gasteiger partial charge in [0.2, 0.25) is 0 Å². The van der Waals surface area contributed by atoms with E-state index in [1.54, 1.807) is 0 Å².